The molecule has 0 atom stereocenters. The fourth-order valence-corrected chi connectivity index (χ4v) is 3.35. The zero-order chi connectivity index (χ0) is 20.4. The Kier molecular flexibility index (Phi) is 4.93. The number of thioether (sulfide) groups is 1. The Labute approximate surface area is 166 Å². The largest absolute Gasteiger partial charge is 0.573 e. The number of hydrogen-bond donors (Lipinski definition) is 1. The molecule has 10 heteroatoms. The Morgan fingerprint density at radius 2 is 1.86 bits per heavy atom. The van der Waals surface area contributed by atoms with Crippen LogP contribution >= 0.6 is 11.8 Å². The molecular formula is C19H11F3N4O2S. The number of halogens is 3. The molecule has 0 radical (unpaired) electrons. The minimum atomic E-state index is -4.80. The van der Waals surface area contributed by atoms with Gasteiger partial charge in [0, 0.05) is 18.5 Å². The van der Waals surface area contributed by atoms with Gasteiger partial charge in [-0.25, -0.2) is 4.99 Å². The summed E-state index contributed by atoms with van der Waals surface area (Å²) in [5.41, 5.74) is 2.41. The van der Waals surface area contributed by atoms with Gasteiger partial charge in [0.25, 0.3) is 5.24 Å². The topological polar surface area (TPSA) is 76.5 Å². The number of amides is 1. The molecule has 1 saturated heterocycles. The van der Waals surface area contributed by atoms with Crippen molar-refractivity contribution in [2.75, 3.05) is 0 Å². The summed E-state index contributed by atoms with van der Waals surface area (Å²) in [7, 11) is 0. The maximum Gasteiger partial charge on any atom is 0.573 e. The molecule has 1 amide bonds. The van der Waals surface area contributed by atoms with Gasteiger partial charge in [0.2, 0.25) is 0 Å². The average molecular weight is 416 g/mol. The molecule has 1 fully saturated rings. The quantitative estimate of drug-likeness (QED) is 0.646. The Bertz CT molecular complexity index is 1160. The Balaban J connectivity index is 1.66. The Morgan fingerprint density at radius 3 is 2.66 bits per heavy atom. The summed E-state index contributed by atoms with van der Waals surface area (Å²) in [6.45, 7) is 0. The van der Waals surface area contributed by atoms with Crippen molar-refractivity contribution in [2.24, 2.45) is 4.99 Å². The van der Waals surface area contributed by atoms with Gasteiger partial charge in [0.15, 0.2) is 0 Å². The summed E-state index contributed by atoms with van der Waals surface area (Å²) in [5.74, 6) is -0.154. The number of nitrogens with zero attached hydrogens (tertiary/aromatic N) is 3. The van der Waals surface area contributed by atoms with Gasteiger partial charge >= 0.3 is 6.36 Å². The highest BCUT2D eigenvalue weighted by Crippen LogP contribution is 2.31. The van der Waals surface area contributed by atoms with Gasteiger partial charge < -0.3 is 10.1 Å². The van der Waals surface area contributed by atoms with Crippen molar-refractivity contribution in [1.29, 1.82) is 0 Å². The van der Waals surface area contributed by atoms with E-state index in [0.29, 0.717) is 10.4 Å². The van der Waals surface area contributed by atoms with Crippen LogP contribution in [0.25, 0.3) is 17.1 Å². The summed E-state index contributed by atoms with van der Waals surface area (Å²) in [6, 6.07) is 10.6. The second kappa shape index (κ2) is 7.55. The molecule has 3 aromatic rings. The van der Waals surface area contributed by atoms with Crippen LogP contribution in [0.1, 0.15) is 5.56 Å². The number of aromatic nitrogens is 2. The van der Waals surface area contributed by atoms with E-state index in [1.54, 1.807) is 24.5 Å². The molecule has 0 spiro atoms. The van der Waals surface area contributed by atoms with Gasteiger partial charge in [-0.2, -0.15) is 0 Å². The standard InChI is InChI=1S/C19H11F3N4O2S/c20-19(21,22)28-13-3-1-2-12(10-13)25-17-16(29-18(27)26-17)9-11-4-5-14-15(8-11)24-7-6-23-14/h1-10H,(H,25,26,27)/b16-9+. The van der Waals surface area contributed by atoms with Crippen LogP contribution in [-0.2, 0) is 0 Å². The summed E-state index contributed by atoms with van der Waals surface area (Å²) in [5, 5.41) is 2.26. The first kappa shape index (κ1) is 18.9. The van der Waals surface area contributed by atoms with Crippen LogP contribution in [0.3, 0.4) is 0 Å². The highest BCUT2D eigenvalue weighted by molar-refractivity contribution is 8.18. The molecule has 0 aliphatic carbocycles. The van der Waals surface area contributed by atoms with Crippen LogP contribution < -0.4 is 10.1 Å². The van der Waals surface area contributed by atoms with E-state index in [4.69, 9.17) is 0 Å². The van der Waals surface area contributed by atoms with E-state index in [2.05, 4.69) is 25.0 Å². The number of ether oxygens (including phenoxy) is 1. The molecule has 1 N–H and O–H groups in total. The van der Waals surface area contributed by atoms with Gasteiger partial charge in [-0.05, 0) is 47.7 Å². The second-order valence-corrected chi connectivity index (χ2v) is 6.85. The van der Waals surface area contributed by atoms with Crippen LogP contribution in [0.5, 0.6) is 5.75 Å². The smallest absolute Gasteiger partial charge is 0.406 e. The highest BCUT2D eigenvalue weighted by Gasteiger charge is 2.31. The molecule has 6 nitrogen and oxygen atoms in total. The third-order valence-electron chi connectivity index (χ3n) is 3.74. The van der Waals surface area contributed by atoms with Gasteiger partial charge in [-0.3, -0.25) is 14.8 Å². The summed E-state index contributed by atoms with van der Waals surface area (Å²) in [4.78, 5) is 25.1. The van der Waals surface area contributed by atoms with Crippen molar-refractivity contribution in [3.05, 3.63) is 65.3 Å². The molecule has 0 saturated carbocycles. The predicted molar refractivity (Wildman–Crippen MR) is 104 cm³/mol. The second-order valence-electron chi connectivity index (χ2n) is 5.83. The maximum atomic E-state index is 12.4. The van der Waals surface area contributed by atoms with Crippen molar-refractivity contribution in [2.45, 2.75) is 6.36 Å². The van der Waals surface area contributed by atoms with Crippen LogP contribution in [0.2, 0.25) is 0 Å². The van der Waals surface area contributed by atoms with Crippen LogP contribution in [0.15, 0.2) is 64.8 Å². The van der Waals surface area contributed by atoms with E-state index in [9.17, 15) is 18.0 Å². The first-order valence-electron chi connectivity index (χ1n) is 8.22. The lowest BCUT2D eigenvalue weighted by Gasteiger charge is -2.09. The summed E-state index contributed by atoms with van der Waals surface area (Å²) < 4.78 is 41.1. The van der Waals surface area contributed by atoms with Crippen LogP contribution in [-0.4, -0.2) is 27.4 Å². The van der Waals surface area contributed by atoms with Crippen molar-refractivity contribution in [3.8, 4) is 5.75 Å². The predicted octanol–water partition coefficient (Wildman–Crippen LogP) is 5.06. The number of rotatable bonds is 3. The molecule has 0 unspecified atom stereocenters. The lowest BCUT2D eigenvalue weighted by molar-refractivity contribution is -0.274. The molecule has 4 rings (SSSR count). The molecule has 29 heavy (non-hydrogen) atoms. The molecule has 2 heterocycles. The fourth-order valence-electron chi connectivity index (χ4n) is 2.61. The number of carbonyl (C=O) groups is 1. The number of aliphatic imine (C=N–C) groups is 1. The number of amidine groups is 1. The van der Waals surface area contributed by atoms with Crippen LogP contribution in [0.4, 0.5) is 23.7 Å². The zero-order valence-corrected chi connectivity index (χ0v) is 15.3. The Morgan fingerprint density at radius 1 is 1.07 bits per heavy atom. The van der Waals surface area contributed by atoms with E-state index in [0.717, 1.165) is 28.9 Å². The van der Waals surface area contributed by atoms with E-state index in [-0.39, 0.29) is 16.8 Å². The van der Waals surface area contributed by atoms with Crippen LogP contribution in [0, 0.1) is 0 Å². The normalized spacial score (nSPS) is 17.1. The molecule has 1 aromatic heterocycles. The van der Waals surface area contributed by atoms with Crippen molar-refractivity contribution >= 4 is 45.6 Å². The molecule has 1 aliphatic heterocycles. The molecule has 2 aromatic carbocycles. The number of carbonyl (C=O) groups excluding carboxylic acids is 1. The third kappa shape index (κ3) is 4.72. The first-order valence-corrected chi connectivity index (χ1v) is 9.03. The van der Waals surface area contributed by atoms with E-state index >= 15 is 0 Å². The molecule has 1 aliphatic rings. The zero-order valence-electron chi connectivity index (χ0n) is 14.5. The van der Waals surface area contributed by atoms with Gasteiger partial charge in [0.05, 0.1) is 21.6 Å². The van der Waals surface area contributed by atoms with Gasteiger partial charge in [-0.1, -0.05) is 12.1 Å². The van der Waals surface area contributed by atoms with Crippen molar-refractivity contribution in [1.82, 2.24) is 15.3 Å². The lowest BCUT2D eigenvalue weighted by Crippen LogP contribution is -2.18. The summed E-state index contributed by atoms with van der Waals surface area (Å²) >= 11 is 0.940. The number of hydrogen-bond acceptors (Lipinski definition) is 6. The van der Waals surface area contributed by atoms with Gasteiger partial charge in [-0.15, -0.1) is 13.2 Å². The molecule has 0 bridgehead atoms. The monoisotopic (exact) mass is 416 g/mol. The van der Waals surface area contributed by atoms with Crippen molar-refractivity contribution < 1.29 is 22.7 Å². The minimum absolute atomic E-state index is 0.208. The fraction of sp³-hybridized carbons (Fsp3) is 0.0526. The highest BCUT2D eigenvalue weighted by atomic mass is 32.2. The van der Waals surface area contributed by atoms with E-state index in [1.807, 2.05) is 12.1 Å². The first-order chi connectivity index (χ1) is 13.9. The van der Waals surface area contributed by atoms with Crippen molar-refractivity contribution in [3.63, 3.8) is 0 Å². The number of nitrogens with one attached hydrogen (secondary N) is 1. The number of alkyl halides is 3. The lowest BCUT2D eigenvalue weighted by atomic mass is 10.1. The average Bonchev–Trinajstić information content (AvgIpc) is 2.99. The summed E-state index contributed by atoms with van der Waals surface area (Å²) in [6.07, 6.45) is 0.119. The number of fused-ring (bicyclic) bond motifs is 1. The molecule has 146 valence electrons. The number of benzene rings is 2. The van der Waals surface area contributed by atoms with E-state index in [1.165, 1.54) is 18.2 Å². The van der Waals surface area contributed by atoms with E-state index < -0.39 is 12.1 Å². The van der Waals surface area contributed by atoms with Gasteiger partial charge in [0.1, 0.15) is 11.6 Å². The Hall–Kier alpha value is -3.40. The molecular weight excluding hydrogens is 405 g/mol. The minimum Gasteiger partial charge on any atom is -0.406 e. The maximum absolute atomic E-state index is 12.4. The third-order valence-corrected chi connectivity index (χ3v) is 4.56. The SMILES string of the molecule is O=C1NC(=Nc2cccc(OC(F)(F)F)c2)/C(=C\c2ccc3nccnc3c2)S1.